The van der Waals surface area contributed by atoms with E-state index >= 15 is 0 Å². The third-order valence-electron chi connectivity index (χ3n) is 3.79. The fourth-order valence-corrected chi connectivity index (χ4v) is 3.16. The van der Waals surface area contributed by atoms with Crippen LogP contribution in [0.15, 0.2) is 16.6 Å². The average molecular weight is 346 g/mol. The molecule has 1 aromatic carbocycles. The number of benzene rings is 1. The van der Waals surface area contributed by atoms with Crippen LogP contribution in [0.2, 0.25) is 0 Å². The van der Waals surface area contributed by atoms with Crippen LogP contribution in [0.25, 0.3) is 0 Å². The molecule has 5 nitrogen and oxygen atoms in total. The molecular weight excluding hydrogens is 329 g/mol. The zero-order chi connectivity index (χ0) is 14.9. The molecule has 1 aliphatic rings. The highest BCUT2D eigenvalue weighted by atomic mass is 79.9. The molecule has 110 valence electrons. The lowest BCUT2D eigenvalue weighted by Gasteiger charge is -2.41. The number of hydrogen-bond donors (Lipinski definition) is 1. The molecule has 20 heavy (non-hydrogen) atoms. The Kier molecular flexibility index (Phi) is 4.59. The molecule has 1 aliphatic heterocycles. The Labute approximate surface area is 125 Å². The van der Waals surface area contributed by atoms with Crippen LogP contribution in [0.1, 0.15) is 26.2 Å². The number of nitro groups is 1. The Hall–Kier alpha value is -1.21. The molecule has 0 amide bonds. The summed E-state index contributed by atoms with van der Waals surface area (Å²) in [5, 5.41) is 11.2. The van der Waals surface area contributed by atoms with Crippen LogP contribution in [0.5, 0.6) is 0 Å². The van der Waals surface area contributed by atoms with Gasteiger partial charge in [0.05, 0.1) is 9.40 Å². The maximum atomic E-state index is 13.8. The van der Waals surface area contributed by atoms with Gasteiger partial charge in [-0.2, -0.15) is 0 Å². The summed E-state index contributed by atoms with van der Waals surface area (Å²) < 4.78 is 13.9. The second-order valence-electron chi connectivity index (χ2n) is 5.09. The average Bonchev–Trinajstić information content (AvgIpc) is 2.41. The molecule has 1 aromatic rings. The fourth-order valence-electron chi connectivity index (χ4n) is 2.83. The van der Waals surface area contributed by atoms with E-state index in [2.05, 4.69) is 15.9 Å². The Balaban J connectivity index is 2.53. The number of piperidine rings is 1. The Morgan fingerprint density at radius 3 is 2.85 bits per heavy atom. The number of nitro benzene ring substituents is 1. The molecule has 2 atom stereocenters. The van der Waals surface area contributed by atoms with Crippen LogP contribution >= 0.6 is 15.9 Å². The highest BCUT2D eigenvalue weighted by Gasteiger charge is 2.32. The van der Waals surface area contributed by atoms with Gasteiger partial charge in [0, 0.05) is 30.8 Å². The van der Waals surface area contributed by atoms with E-state index in [0.717, 1.165) is 19.3 Å². The zero-order valence-electron chi connectivity index (χ0n) is 11.2. The molecule has 0 aliphatic carbocycles. The van der Waals surface area contributed by atoms with Crippen molar-refractivity contribution in [1.29, 1.82) is 0 Å². The van der Waals surface area contributed by atoms with Crippen molar-refractivity contribution in [3.05, 3.63) is 32.5 Å². The maximum Gasteiger partial charge on any atom is 0.293 e. The van der Waals surface area contributed by atoms with Gasteiger partial charge >= 0.3 is 0 Å². The topological polar surface area (TPSA) is 72.4 Å². The smallest absolute Gasteiger partial charge is 0.293 e. The van der Waals surface area contributed by atoms with E-state index < -0.39 is 10.7 Å². The van der Waals surface area contributed by atoms with E-state index in [9.17, 15) is 14.5 Å². The fraction of sp³-hybridized carbons (Fsp3) is 0.538. The molecule has 2 unspecified atom stereocenters. The minimum Gasteiger partial charge on any atom is -0.359 e. The molecule has 2 rings (SSSR count). The van der Waals surface area contributed by atoms with Crippen molar-refractivity contribution in [3.8, 4) is 0 Å². The summed E-state index contributed by atoms with van der Waals surface area (Å²) in [7, 11) is 0. The van der Waals surface area contributed by atoms with Crippen LogP contribution in [-0.2, 0) is 0 Å². The molecule has 2 N–H and O–H groups in total. The van der Waals surface area contributed by atoms with E-state index in [0.29, 0.717) is 12.2 Å². The maximum absolute atomic E-state index is 13.8. The van der Waals surface area contributed by atoms with E-state index in [1.54, 1.807) is 0 Å². The summed E-state index contributed by atoms with van der Waals surface area (Å²) in [6.45, 7) is 2.39. The molecule has 7 heteroatoms. The first-order chi connectivity index (χ1) is 9.45. The van der Waals surface area contributed by atoms with Gasteiger partial charge in [-0.15, -0.1) is 0 Å². The molecule has 0 spiro atoms. The summed E-state index contributed by atoms with van der Waals surface area (Å²) in [6.07, 6.45) is 2.83. The van der Waals surface area contributed by atoms with Crippen molar-refractivity contribution in [1.82, 2.24) is 0 Å². The summed E-state index contributed by atoms with van der Waals surface area (Å²) in [5.74, 6) is -0.501. The molecule has 0 radical (unpaired) electrons. The second-order valence-corrected chi connectivity index (χ2v) is 5.94. The molecule has 1 fully saturated rings. The normalized spacial score (nSPS) is 22.9. The van der Waals surface area contributed by atoms with Crippen molar-refractivity contribution >= 4 is 27.3 Å². The lowest BCUT2D eigenvalue weighted by atomic mass is 9.95. The number of halogens is 2. The summed E-state index contributed by atoms with van der Waals surface area (Å²) in [4.78, 5) is 12.7. The lowest BCUT2D eigenvalue weighted by Crippen LogP contribution is -2.49. The van der Waals surface area contributed by atoms with Crippen LogP contribution in [0.3, 0.4) is 0 Å². The van der Waals surface area contributed by atoms with E-state index in [-0.39, 0.29) is 22.2 Å². The monoisotopic (exact) mass is 345 g/mol. The van der Waals surface area contributed by atoms with Gasteiger partial charge in [-0.05, 0) is 42.1 Å². The van der Waals surface area contributed by atoms with Gasteiger partial charge in [0.15, 0.2) is 0 Å². The summed E-state index contributed by atoms with van der Waals surface area (Å²) >= 11 is 3.00. The van der Waals surface area contributed by atoms with Gasteiger partial charge in [0.2, 0.25) is 0 Å². The quantitative estimate of drug-likeness (QED) is 0.674. The largest absolute Gasteiger partial charge is 0.359 e. The molecule has 1 heterocycles. The number of anilines is 1. The first-order valence-corrected chi connectivity index (χ1v) is 7.36. The van der Waals surface area contributed by atoms with Crippen LogP contribution < -0.4 is 10.6 Å². The number of nitrogens with zero attached hydrogens (tertiary/aromatic N) is 2. The molecule has 0 aromatic heterocycles. The molecule has 1 saturated heterocycles. The molecule has 0 saturated carbocycles. The van der Waals surface area contributed by atoms with E-state index in [1.165, 1.54) is 12.1 Å². The van der Waals surface area contributed by atoms with E-state index in [4.69, 9.17) is 5.73 Å². The summed E-state index contributed by atoms with van der Waals surface area (Å²) in [5.41, 5.74) is 6.00. The molecular formula is C13H17BrFN3O2. The van der Waals surface area contributed by atoms with Crippen molar-refractivity contribution in [2.75, 3.05) is 11.4 Å². The number of rotatable bonds is 3. The standard InChI is InChI=1S/C13H17BrFN3O2/c1-8-3-2-4-9(7-16)17(8)12-6-11(15)10(14)5-13(12)18(19)20/h5-6,8-9H,2-4,7,16H2,1H3. The predicted octanol–water partition coefficient (Wildman–Crippen LogP) is 3.20. The predicted molar refractivity (Wildman–Crippen MR) is 79.4 cm³/mol. The lowest BCUT2D eigenvalue weighted by molar-refractivity contribution is -0.384. The SMILES string of the molecule is CC1CCCC(CN)N1c1cc(F)c(Br)cc1[N+](=O)[O-]. The van der Waals surface area contributed by atoms with Gasteiger partial charge in [0.1, 0.15) is 11.5 Å². The summed E-state index contributed by atoms with van der Waals surface area (Å²) in [6, 6.07) is 2.57. The Morgan fingerprint density at radius 1 is 1.55 bits per heavy atom. The van der Waals surface area contributed by atoms with Crippen LogP contribution in [0, 0.1) is 15.9 Å². The minimum atomic E-state index is -0.501. The number of nitrogens with two attached hydrogens (primary N) is 1. The Bertz CT molecular complexity index is 527. The Morgan fingerprint density at radius 2 is 2.25 bits per heavy atom. The molecule has 0 bridgehead atoms. The van der Waals surface area contributed by atoms with Crippen molar-refractivity contribution < 1.29 is 9.31 Å². The van der Waals surface area contributed by atoms with Gasteiger partial charge in [-0.1, -0.05) is 0 Å². The van der Waals surface area contributed by atoms with Crippen molar-refractivity contribution in [3.63, 3.8) is 0 Å². The van der Waals surface area contributed by atoms with Gasteiger partial charge < -0.3 is 10.6 Å². The van der Waals surface area contributed by atoms with Crippen LogP contribution in [0.4, 0.5) is 15.8 Å². The first-order valence-electron chi connectivity index (χ1n) is 6.57. The third kappa shape index (κ3) is 2.78. The van der Waals surface area contributed by atoms with E-state index in [1.807, 2.05) is 11.8 Å². The van der Waals surface area contributed by atoms with Crippen molar-refractivity contribution in [2.45, 2.75) is 38.3 Å². The zero-order valence-corrected chi connectivity index (χ0v) is 12.8. The number of hydrogen-bond acceptors (Lipinski definition) is 4. The minimum absolute atomic E-state index is 0.0121. The van der Waals surface area contributed by atoms with Gasteiger partial charge in [-0.3, -0.25) is 10.1 Å². The van der Waals surface area contributed by atoms with Gasteiger partial charge in [-0.25, -0.2) is 4.39 Å². The van der Waals surface area contributed by atoms with Gasteiger partial charge in [0.25, 0.3) is 5.69 Å². The highest BCUT2D eigenvalue weighted by molar-refractivity contribution is 9.10. The van der Waals surface area contributed by atoms with Crippen molar-refractivity contribution in [2.24, 2.45) is 5.73 Å². The first kappa shape index (κ1) is 15.2. The third-order valence-corrected chi connectivity index (χ3v) is 4.40. The van der Waals surface area contributed by atoms with Crippen LogP contribution in [-0.4, -0.2) is 23.6 Å². The second kappa shape index (κ2) is 6.05. The highest BCUT2D eigenvalue weighted by Crippen LogP contribution is 2.38.